The van der Waals surface area contributed by atoms with Crippen LogP contribution in [0, 0.1) is 0 Å². The first kappa shape index (κ1) is 36.5. The fourth-order valence-corrected chi connectivity index (χ4v) is 6.45. The highest BCUT2D eigenvalue weighted by molar-refractivity contribution is 8.00. The quantitative estimate of drug-likeness (QED) is 0.0792. The van der Waals surface area contributed by atoms with Crippen LogP contribution in [0.3, 0.4) is 0 Å². The number of benzene rings is 4. The zero-order chi connectivity index (χ0) is 36.3. The molecule has 1 heterocycles. The van der Waals surface area contributed by atoms with Gasteiger partial charge in [-0.2, -0.15) is 0 Å². The third kappa shape index (κ3) is 9.26. The highest BCUT2D eigenvalue weighted by atomic mass is 32.2. The maximum Gasteiger partial charge on any atom is 0.272 e. The molecule has 1 atom stereocenters. The smallest absolute Gasteiger partial charge is 0.272 e. The van der Waals surface area contributed by atoms with Crippen LogP contribution in [-0.2, 0) is 9.59 Å². The van der Waals surface area contributed by atoms with Crippen LogP contribution in [-0.4, -0.2) is 56.4 Å². The van der Waals surface area contributed by atoms with E-state index in [1.165, 1.54) is 43.4 Å². The highest BCUT2D eigenvalue weighted by Crippen LogP contribution is 2.35. The average molecular weight is 725 g/mol. The number of anilines is 2. The van der Waals surface area contributed by atoms with Crippen molar-refractivity contribution in [3.8, 4) is 34.3 Å². The molecule has 3 amide bonds. The molecule has 11 nitrogen and oxygen atoms in total. The number of hydrogen-bond acceptors (Lipinski definition) is 10. The van der Waals surface area contributed by atoms with E-state index >= 15 is 0 Å². The Hall–Kier alpha value is -5.79. The minimum atomic E-state index is -0.548. The lowest BCUT2D eigenvalue weighted by atomic mass is 10.1. The molecular formula is C38H36N4O7S2. The number of aromatic nitrogens is 1. The summed E-state index contributed by atoms with van der Waals surface area (Å²) in [6.45, 7) is 1.80. The number of nitrogens with zero attached hydrogens (tertiary/aromatic N) is 1. The molecule has 3 N–H and O–H groups in total. The number of thioether (sulfide) groups is 1. The van der Waals surface area contributed by atoms with E-state index in [1.54, 1.807) is 100 Å². The molecular weight excluding hydrogens is 689 g/mol. The normalized spacial score (nSPS) is 11.6. The SMILES string of the molecule is COc1ccc(-c2csc(NC(=O)C(C)Sc3ccc(NC(=O)/C(=C/c4cccc(OC)c4OC)NC(=O)c4ccccc4)cc3)n2)cc1OC. The summed E-state index contributed by atoms with van der Waals surface area (Å²) in [5.41, 5.74) is 2.94. The van der Waals surface area contributed by atoms with Gasteiger partial charge in [-0.25, -0.2) is 4.98 Å². The van der Waals surface area contributed by atoms with E-state index in [0.717, 1.165) is 10.5 Å². The van der Waals surface area contributed by atoms with Crippen LogP contribution >= 0.6 is 23.1 Å². The minimum Gasteiger partial charge on any atom is -0.493 e. The molecule has 13 heteroatoms. The molecule has 0 aliphatic rings. The summed E-state index contributed by atoms with van der Waals surface area (Å²) in [4.78, 5) is 45.1. The van der Waals surface area contributed by atoms with E-state index in [4.69, 9.17) is 18.9 Å². The van der Waals surface area contributed by atoms with Crippen LogP contribution in [0.4, 0.5) is 10.8 Å². The largest absolute Gasteiger partial charge is 0.493 e. The van der Waals surface area contributed by atoms with Gasteiger partial charge in [-0.1, -0.05) is 30.3 Å². The van der Waals surface area contributed by atoms with E-state index in [-0.39, 0.29) is 11.6 Å². The van der Waals surface area contributed by atoms with Crippen LogP contribution in [0.15, 0.2) is 107 Å². The summed E-state index contributed by atoms with van der Waals surface area (Å²) in [5.74, 6) is 0.883. The van der Waals surface area contributed by atoms with Gasteiger partial charge in [0.2, 0.25) is 5.91 Å². The van der Waals surface area contributed by atoms with Crippen molar-refractivity contribution in [1.82, 2.24) is 10.3 Å². The Bertz CT molecular complexity index is 2030. The van der Waals surface area contributed by atoms with E-state index in [0.29, 0.717) is 50.6 Å². The van der Waals surface area contributed by atoms with Gasteiger partial charge in [0, 0.05) is 32.7 Å². The van der Waals surface area contributed by atoms with Crippen molar-refractivity contribution < 1.29 is 33.3 Å². The Balaban J connectivity index is 1.24. The summed E-state index contributed by atoms with van der Waals surface area (Å²) in [5, 5.41) is 10.4. The molecule has 51 heavy (non-hydrogen) atoms. The van der Waals surface area contributed by atoms with Gasteiger partial charge in [0.05, 0.1) is 39.4 Å². The highest BCUT2D eigenvalue weighted by Gasteiger charge is 2.19. The first-order valence-electron chi connectivity index (χ1n) is 15.6. The lowest BCUT2D eigenvalue weighted by molar-refractivity contribution is -0.115. The fraction of sp³-hybridized carbons (Fsp3) is 0.158. The number of thiazole rings is 1. The number of para-hydroxylation sites is 1. The molecule has 0 spiro atoms. The lowest BCUT2D eigenvalue weighted by Crippen LogP contribution is -2.30. The summed E-state index contributed by atoms with van der Waals surface area (Å²) in [6, 6.07) is 26.4. The van der Waals surface area contributed by atoms with Crippen LogP contribution in [0.25, 0.3) is 17.3 Å². The van der Waals surface area contributed by atoms with Gasteiger partial charge in [0.1, 0.15) is 5.70 Å². The average Bonchev–Trinajstić information content (AvgIpc) is 3.63. The second-order valence-corrected chi connectivity index (χ2v) is 13.1. The van der Waals surface area contributed by atoms with E-state index < -0.39 is 17.1 Å². The van der Waals surface area contributed by atoms with E-state index in [2.05, 4.69) is 20.9 Å². The van der Waals surface area contributed by atoms with Gasteiger partial charge in [-0.3, -0.25) is 14.4 Å². The van der Waals surface area contributed by atoms with Gasteiger partial charge in [0.15, 0.2) is 28.1 Å². The zero-order valence-electron chi connectivity index (χ0n) is 28.5. The molecule has 4 aromatic carbocycles. The molecule has 0 saturated heterocycles. The molecule has 1 aromatic heterocycles. The number of methoxy groups -OCH3 is 4. The second-order valence-electron chi connectivity index (χ2n) is 10.8. The van der Waals surface area contributed by atoms with Crippen molar-refractivity contribution in [2.24, 2.45) is 0 Å². The number of rotatable bonds is 14. The van der Waals surface area contributed by atoms with E-state index in [9.17, 15) is 14.4 Å². The summed E-state index contributed by atoms with van der Waals surface area (Å²) < 4.78 is 21.6. The Labute approximate surface area is 304 Å². The maximum atomic E-state index is 13.6. The molecule has 1 unspecified atom stereocenters. The monoisotopic (exact) mass is 724 g/mol. The fourth-order valence-electron chi connectivity index (χ4n) is 4.86. The molecule has 5 rings (SSSR count). The van der Waals surface area contributed by atoms with Crippen molar-refractivity contribution in [3.63, 3.8) is 0 Å². The number of amides is 3. The number of ether oxygens (including phenoxy) is 4. The van der Waals surface area contributed by atoms with Crippen LogP contribution in [0.1, 0.15) is 22.8 Å². The molecule has 0 radical (unpaired) electrons. The standard InChI is InChI=1S/C38H36N4O7S2/c1-23(35(43)42-38-41-30(22-50-38)25-14-19-31(46-2)33(21-25)48-4)51-28-17-15-27(16-18-28)39-37(45)29(40-36(44)24-10-7-6-8-11-24)20-26-12-9-13-32(47-3)34(26)49-5/h6-23H,1-5H3,(H,39,45)(H,40,44)(H,41,42,43)/b29-20-. The summed E-state index contributed by atoms with van der Waals surface area (Å²) >= 11 is 2.69. The molecule has 0 bridgehead atoms. The number of hydrogen-bond donors (Lipinski definition) is 3. The zero-order valence-corrected chi connectivity index (χ0v) is 30.1. The predicted molar refractivity (Wildman–Crippen MR) is 201 cm³/mol. The van der Waals surface area contributed by atoms with Crippen LogP contribution in [0.5, 0.6) is 23.0 Å². The first-order chi connectivity index (χ1) is 24.7. The lowest BCUT2D eigenvalue weighted by Gasteiger charge is -2.14. The van der Waals surface area contributed by atoms with Crippen molar-refractivity contribution >= 4 is 57.7 Å². The van der Waals surface area contributed by atoms with Crippen LogP contribution in [0.2, 0.25) is 0 Å². The van der Waals surface area contributed by atoms with Gasteiger partial charge in [0.25, 0.3) is 11.8 Å². The Morgan fingerprint density at radius 3 is 2.20 bits per heavy atom. The van der Waals surface area contributed by atoms with Crippen molar-refractivity contribution in [1.29, 1.82) is 0 Å². The minimum absolute atomic E-state index is 0.00405. The third-order valence-corrected chi connectivity index (χ3v) is 9.34. The molecule has 0 aliphatic heterocycles. The number of nitrogens with one attached hydrogen (secondary N) is 3. The summed E-state index contributed by atoms with van der Waals surface area (Å²) in [7, 11) is 6.16. The molecule has 0 aliphatic carbocycles. The predicted octanol–water partition coefficient (Wildman–Crippen LogP) is 7.37. The maximum absolute atomic E-state index is 13.6. The van der Waals surface area contributed by atoms with Gasteiger partial charge in [-0.15, -0.1) is 23.1 Å². The number of carbonyl (C=O) groups excluding carboxylic acids is 3. The first-order valence-corrected chi connectivity index (χ1v) is 17.3. The summed E-state index contributed by atoms with van der Waals surface area (Å²) in [6.07, 6.45) is 1.53. The molecule has 0 saturated carbocycles. The van der Waals surface area contributed by atoms with Crippen molar-refractivity contribution in [2.75, 3.05) is 39.1 Å². The second kappa shape index (κ2) is 17.2. The Morgan fingerprint density at radius 2 is 1.51 bits per heavy atom. The van der Waals surface area contributed by atoms with Crippen molar-refractivity contribution in [3.05, 3.63) is 113 Å². The molecule has 5 aromatic rings. The topological polar surface area (TPSA) is 137 Å². The van der Waals surface area contributed by atoms with Gasteiger partial charge in [-0.05, 0) is 73.7 Å². The molecule has 262 valence electrons. The third-order valence-electron chi connectivity index (χ3n) is 7.47. The van der Waals surface area contributed by atoms with Crippen molar-refractivity contribution in [2.45, 2.75) is 17.1 Å². The Kier molecular flexibility index (Phi) is 12.3. The number of carbonyl (C=O) groups is 3. The molecule has 0 fully saturated rings. The Morgan fingerprint density at radius 1 is 0.784 bits per heavy atom. The van der Waals surface area contributed by atoms with E-state index in [1.807, 2.05) is 17.5 Å². The van der Waals surface area contributed by atoms with Gasteiger partial charge >= 0.3 is 0 Å². The van der Waals surface area contributed by atoms with Gasteiger partial charge < -0.3 is 34.9 Å². The van der Waals surface area contributed by atoms with Crippen LogP contribution < -0.4 is 34.9 Å².